The molecule has 0 aliphatic carbocycles. The van der Waals surface area contributed by atoms with Crippen molar-refractivity contribution >= 4 is 5.91 Å². The van der Waals surface area contributed by atoms with Gasteiger partial charge in [-0.05, 0) is 42.7 Å². The van der Waals surface area contributed by atoms with Gasteiger partial charge in [-0.15, -0.1) is 0 Å². The van der Waals surface area contributed by atoms with Gasteiger partial charge in [0.05, 0.1) is 13.5 Å². The number of nitrogens with zero attached hydrogens (tertiary/aromatic N) is 2. The minimum Gasteiger partial charge on any atom is -0.497 e. The van der Waals surface area contributed by atoms with Crippen LogP contribution < -0.4 is 4.74 Å². The number of carbonyl (C=O) groups excluding carboxylic acids is 1. The highest BCUT2D eigenvalue weighted by molar-refractivity contribution is 5.79. The molecule has 0 saturated carbocycles. The SMILES string of the molecule is COc1cccc(CC(=O)N2CCC(n3cccc3)CC2)c1. The predicted molar refractivity (Wildman–Crippen MR) is 86.0 cm³/mol. The van der Waals surface area contributed by atoms with Gasteiger partial charge >= 0.3 is 0 Å². The molecule has 4 heteroatoms. The van der Waals surface area contributed by atoms with Crippen molar-refractivity contribution in [3.8, 4) is 5.75 Å². The lowest BCUT2D eigenvalue weighted by Gasteiger charge is -2.33. The van der Waals surface area contributed by atoms with Crippen LogP contribution in [0, 0.1) is 0 Å². The summed E-state index contributed by atoms with van der Waals surface area (Å²) in [5, 5.41) is 0. The minimum atomic E-state index is 0.208. The molecule has 1 aliphatic heterocycles. The van der Waals surface area contributed by atoms with Crippen LogP contribution in [-0.4, -0.2) is 35.6 Å². The topological polar surface area (TPSA) is 34.5 Å². The average molecular weight is 298 g/mol. The van der Waals surface area contributed by atoms with Crippen LogP contribution in [0.1, 0.15) is 24.4 Å². The lowest BCUT2D eigenvalue weighted by molar-refractivity contribution is -0.131. The van der Waals surface area contributed by atoms with Crippen molar-refractivity contribution in [3.63, 3.8) is 0 Å². The fraction of sp³-hybridized carbons (Fsp3) is 0.389. The number of likely N-dealkylation sites (tertiary alicyclic amines) is 1. The maximum absolute atomic E-state index is 12.4. The summed E-state index contributed by atoms with van der Waals surface area (Å²) in [5.74, 6) is 1.01. The molecule has 0 N–H and O–H groups in total. The monoisotopic (exact) mass is 298 g/mol. The second-order valence-electron chi connectivity index (χ2n) is 5.77. The number of amides is 1. The van der Waals surface area contributed by atoms with Gasteiger partial charge < -0.3 is 14.2 Å². The number of rotatable bonds is 4. The number of piperidine rings is 1. The van der Waals surface area contributed by atoms with Crippen molar-refractivity contribution < 1.29 is 9.53 Å². The van der Waals surface area contributed by atoms with Crippen LogP contribution in [0.2, 0.25) is 0 Å². The molecule has 3 rings (SSSR count). The fourth-order valence-electron chi connectivity index (χ4n) is 3.07. The Morgan fingerprint density at radius 3 is 2.59 bits per heavy atom. The van der Waals surface area contributed by atoms with Crippen LogP contribution in [0.3, 0.4) is 0 Å². The quantitative estimate of drug-likeness (QED) is 0.870. The van der Waals surface area contributed by atoms with Gasteiger partial charge in [-0.3, -0.25) is 4.79 Å². The van der Waals surface area contributed by atoms with Crippen molar-refractivity contribution in [2.75, 3.05) is 20.2 Å². The van der Waals surface area contributed by atoms with Crippen LogP contribution >= 0.6 is 0 Å². The number of ether oxygens (including phenoxy) is 1. The number of benzene rings is 1. The summed E-state index contributed by atoms with van der Waals surface area (Å²) in [7, 11) is 1.65. The Balaban J connectivity index is 1.55. The van der Waals surface area contributed by atoms with Crippen molar-refractivity contribution in [3.05, 3.63) is 54.4 Å². The minimum absolute atomic E-state index is 0.208. The zero-order valence-corrected chi connectivity index (χ0v) is 12.9. The molecule has 1 amide bonds. The van der Waals surface area contributed by atoms with Gasteiger partial charge in [-0.25, -0.2) is 0 Å². The summed E-state index contributed by atoms with van der Waals surface area (Å²) in [6.45, 7) is 1.68. The van der Waals surface area contributed by atoms with E-state index >= 15 is 0 Å². The second kappa shape index (κ2) is 6.69. The molecule has 1 saturated heterocycles. The van der Waals surface area contributed by atoms with E-state index in [1.807, 2.05) is 29.2 Å². The summed E-state index contributed by atoms with van der Waals surface area (Å²) in [6, 6.07) is 12.4. The third-order valence-electron chi connectivity index (χ3n) is 4.36. The standard InChI is InChI=1S/C18H22N2O2/c1-22-17-6-4-5-15(13-17)14-18(21)20-11-7-16(8-12-20)19-9-2-3-10-19/h2-6,9-10,13,16H,7-8,11-12,14H2,1H3. The second-order valence-corrected chi connectivity index (χ2v) is 5.77. The van der Waals surface area contributed by atoms with E-state index in [0.29, 0.717) is 12.5 Å². The van der Waals surface area contributed by atoms with Crippen molar-refractivity contribution in [2.45, 2.75) is 25.3 Å². The molecular formula is C18H22N2O2. The van der Waals surface area contributed by atoms with E-state index in [0.717, 1.165) is 37.2 Å². The molecule has 4 nitrogen and oxygen atoms in total. The summed E-state index contributed by atoms with van der Waals surface area (Å²) in [6.07, 6.45) is 6.72. The summed E-state index contributed by atoms with van der Waals surface area (Å²) < 4.78 is 7.46. The Kier molecular flexibility index (Phi) is 4.47. The average Bonchev–Trinajstić information content (AvgIpc) is 3.09. The largest absolute Gasteiger partial charge is 0.497 e. The molecule has 22 heavy (non-hydrogen) atoms. The molecule has 0 atom stereocenters. The van der Waals surface area contributed by atoms with E-state index in [4.69, 9.17) is 4.74 Å². The van der Waals surface area contributed by atoms with Crippen LogP contribution in [0.15, 0.2) is 48.8 Å². The summed E-state index contributed by atoms with van der Waals surface area (Å²) >= 11 is 0. The van der Waals surface area contributed by atoms with Gasteiger partial charge in [-0.1, -0.05) is 12.1 Å². The fourth-order valence-corrected chi connectivity index (χ4v) is 3.07. The van der Waals surface area contributed by atoms with E-state index < -0.39 is 0 Å². The first-order chi connectivity index (χ1) is 10.8. The van der Waals surface area contributed by atoms with Crippen molar-refractivity contribution in [2.24, 2.45) is 0 Å². The molecule has 0 radical (unpaired) electrons. The van der Waals surface area contributed by atoms with Gasteiger partial charge in [0.25, 0.3) is 0 Å². The zero-order chi connectivity index (χ0) is 15.4. The van der Waals surface area contributed by atoms with E-state index in [9.17, 15) is 4.79 Å². The van der Waals surface area contributed by atoms with E-state index in [1.165, 1.54) is 0 Å². The molecular weight excluding hydrogens is 276 g/mol. The highest BCUT2D eigenvalue weighted by Gasteiger charge is 2.23. The zero-order valence-electron chi connectivity index (χ0n) is 12.9. The molecule has 0 unspecified atom stereocenters. The Labute approximate surface area is 131 Å². The first-order valence-electron chi connectivity index (χ1n) is 7.79. The van der Waals surface area contributed by atoms with Gasteiger partial charge in [0, 0.05) is 31.5 Å². The number of carbonyl (C=O) groups is 1. The third kappa shape index (κ3) is 3.32. The Bertz CT molecular complexity index is 614. The van der Waals surface area contributed by atoms with Gasteiger partial charge in [0.2, 0.25) is 5.91 Å². The number of aromatic nitrogens is 1. The van der Waals surface area contributed by atoms with Crippen LogP contribution in [0.4, 0.5) is 0 Å². The molecule has 1 aliphatic rings. The Morgan fingerprint density at radius 2 is 1.91 bits per heavy atom. The maximum Gasteiger partial charge on any atom is 0.226 e. The number of methoxy groups -OCH3 is 1. The summed E-state index contributed by atoms with van der Waals surface area (Å²) in [4.78, 5) is 14.4. The molecule has 0 spiro atoms. The smallest absolute Gasteiger partial charge is 0.226 e. The summed E-state index contributed by atoms with van der Waals surface area (Å²) in [5.41, 5.74) is 1.01. The molecule has 1 fully saturated rings. The molecule has 2 heterocycles. The van der Waals surface area contributed by atoms with E-state index in [2.05, 4.69) is 29.1 Å². The van der Waals surface area contributed by atoms with E-state index in [-0.39, 0.29) is 5.91 Å². The number of hydrogen-bond donors (Lipinski definition) is 0. The highest BCUT2D eigenvalue weighted by Crippen LogP contribution is 2.23. The van der Waals surface area contributed by atoms with Gasteiger partial charge in [0.1, 0.15) is 5.75 Å². The highest BCUT2D eigenvalue weighted by atomic mass is 16.5. The molecule has 0 bridgehead atoms. The van der Waals surface area contributed by atoms with Gasteiger partial charge in [0.15, 0.2) is 0 Å². The van der Waals surface area contributed by atoms with Crippen LogP contribution in [0.25, 0.3) is 0 Å². The molecule has 1 aromatic heterocycles. The lowest BCUT2D eigenvalue weighted by Crippen LogP contribution is -2.39. The maximum atomic E-state index is 12.4. The van der Waals surface area contributed by atoms with Crippen LogP contribution in [0.5, 0.6) is 5.75 Å². The van der Waals surface area contributed by atoms with Gasteiger partial charge in [-0.2, -0.15) is 0 Å². The molecule has 1 aromatic carbocycles. The third-order valence-corrected chi connectivity index (χ3v) is 4.36. The molecule has 2 aromatic rings. The predicted octanol–water partition coefficient (Wildman–Crippen LogP) is 2.90. The van der Waals surface area contributed by atoms with Crippen molar-refractivity contribution in [1.29, 1.82) is 0 Å². The Morgan fingerprint density at radius 1 is 1.18 bits per heavy atom. The number of hydrogen-bond acceptors (Lipinski definition) is 2. The first-order valence-corrected chi connectivity index (χ1v) is 7.79. The normalized spacial score (nSPS) is 15.8. The van der Waals surface area contributed by atoms with E-state index in [1.54, 1.807) is 7.11 Å². The lowest BCUT2D eigenvalue weighted by atomic mass is 10.0. The van der Waals surface area contributed by atoms with Crippen molar-refractivity contribution in [1.82, 2.24) is 9.47 Å². The Hall–Kier alpha value is -2.23. The molecule has 116 valence electrons. The first kappa shape index (κ1) is 14.7. The van der Waals surface area contributed by atoms with Crippen LogP contribution in [-0.2, 0) is 11.2 Å².